The van der Waals surface area contributed by atoms with Crippen LogP contribution in [-0.4, -0.2) is 42.3 Å². The lowest BCUT2D eigenvalue weighted by molar-refractivity contribution is 0.0236. The average molecular weight is 385 g/mol. The fourth-order valence-electron chi connectivity index (χ4n) is 3.18. The van der Waals surface area contributed by atoms with Crippen LogP contribution in [0.4, 0.5) is 4.79 Å². The third-order valence-corrected chi connectivity index (χ3v) is 4.52. The molecule has 1 aliphatic heterocycles. The molecule has 0 saturated carbocycles. The van der Waals surface area contributed by atoms with Crippen LogP contribution < -0.4 is 0 Å². The van der Waals surface area contributed by atoms with Crippen molar-refractivity contribution in [1.29, 1.82) is 0 Å². The van der Waals surface area contributed by atoms with Gasteiger partial charge in [0.2, 0.25) is 0 Å². The maximum Gasteiger partial charge on any atom is 0.410 e. The van der Waals surface area contributed by atoms with E-state index in [0.29, 0.717) is 30.8 Å². The molecule has 1 saturated heterocycles. The van der Waals surface area contributed by atoms with E-state index in [-0.39, 0.29) is 12.1 Å². The number of hydrogen-bond acceptors (Lipinski definition) is 5. The molecule has 150 valence electrons. The van der Waals surface area contributed by atoms with Crippen molar-refractivity contribution in [2.75, 3.05) is 19.7 Å². The maximum absolute atomic E-state index is 12.2. The number of carbonyl (C=O) groups is 2. The summed E-state index contributed by atoms with van der Waals surface area (Å²) in [6.07, 6.45) is 4.93. The molecular formula is C22H27NO5. The standard InChI is InChI=1S/C22H27NO5/c1-5-26-20(24)18-14-27-19-13-16(6-7-17(18)19)12-15-8-10-23(11-9-15)21(25)28-22(2,3)4/h6-7,12-14H,5,8-11H2,1-4H3. The monoisotopic (exact) mass is 385 g/mol. The van der Waals surface area contributed by atoms with Crippen molar-refractivity contribution >= 4 is 29.1 Å². The van der Waals surface area contributed by atoms with Gasteiger partial charge in [-0.15, -0.1) is 0 Å². The Kier molecular flexibility index (Phi) is 5.77. The Hall–Kier alpha value is -2.76. The summed E-state index contributed by atoms with van der Waals surface area (Å²) < 4.78 is 16.0. The quantitative estimate of drug-likeness (QED) is 0.694. The van der Waals surface area contributed by atoms with Crippen molar-refractivity contribution in [1.82, 2.24) is 4.90 Å². The van der Waals surface area contributed by atoms with E-state index in [0.717, 1.165) is 23.8 Å². The second-order valence-electron chi connectivity index (χ2n) is 7.90. The number of furan rings is 1. The molecule has 0 spiro atoms. The van der Waals surface area contributed by atoms with E-state index in [1.807, 2.05) is 39.0 Å². The Balaban J connectivity index is 1.67. The Bertz CT molecular complexity index is 893. The molecule has 1 fully saturated rings. The molecule has 6 nitrogen and oxygen atoms in total. The Morgan fingerprint density at radius 3 is 2.57 bits per heavy atom. The zero-order valence-electron chi connectivity index (χ0n) is 16.9. The number of carbonyl (C=O) groups excluding carboxylic acids is 2. The fraction of sp³-hybridized carbons (Fsp3) is 0.455. The SMILES string of the molecule is CCOC(=O)c1coc2cc(C=C3CCN(C(=O)OC(C)(C)C)CC3)ccc12. The van der Waals surface area contributed by atoms with Gasteiger partial charge in [-0.05, 0) is 58.2 Å². The van der Waals surface area contributed by atoms with Gasteiger partial charge in [0.15, 0.2) is 0 Å². The average Bonchev–Trinajstić information content (AvgIpc) is 3.04. The van der Waals surface area contributed by atoms with Crippen LogP contribution >= 0.6 is 0 Å². The molecule has 0 bridgehead atoms. The molecule has 0 radical (unpaired) electrons. The summed E-state index contributed by atoms with van der Waals surface area (Å²) in [5.74, 6) is -0.373. The second-order valence-corrected chi connectivity index (χ2v) is 7.90. The third kappa shape index (κ3) is 4.74. The summed E-state index contributed by atoms with van der Waals surface area (Å²) in [5, 5.41) is 0.750. The van der Waals surface area contributed by atoms with E-state index >= 15 is 0 Å². The number of fused-ring (bicyclic) bond motifs is 1. The lowest BCUT2D eigenvalue weighted by atomic mass is 10.0. The molecule has 6 heteroatoms. The summed E-state index contributed by atoms with van der Waals surface area (Å²) >= 11 is 0. The van der Waals surface area contributed by atoms with Crippen molar-refractivity contribution in [2.24, 2.45) is 0 Å². The van der Waals surface area contributed by atoms with Crippen molar-refractivity contribution in [2.45, 2.75) is 46.1 Å². The molecule has 2 aromatic rings. The van der Waals surface area contributed by atoms with Gasteiger partial charge in [-0.3, -0.25) is 0 Å². The smallest absolute Gasteiger partial charge is 0.410 e. The number of likely N-dealkylation sites (tertiary alicyclic amines) is 1. The van der Waals surface area contributed by atoms with Crippen LogP contribution in [0.1, 0.15) is 56.5 Å². The molecule has 3 rings (SSSR count). The summed E-state index contributed by atoms with van der Waals surface area (Å²) in [4.78, 5) is 25.9. The van der Waals surface area contributed by atoms with E-state index < -0.39 is 5.60 Å². The molecule has 28 heavy (non-hydrogen) atoms. The van der Waals surface area contributed by atoms with Gasteiger partial charge >= 0.3 is 12.1 Å². The van der Waals surface area contributed by atoms with E-state index in [2.05, 4.69) is 6.08 Å². The van der Waals surface area contributed by atoms with Gasteiger partial charge < -0.3 is 18.8 Å². The minimum Gasteiger partial charge on any atom is -0.463 e. The van der Waals surface area contributed by atoms with Gasteiger partial charge in [-0.25, -0.2) is 9.59 Å². The zero-order chi connectivity index (χ0) is 20.3. The highest BCUT2D eigenvalue weighted by Crippen LogP contribution is 2.26. The first-order chi connectivity index (χ1) is 13.3. The highest BCUT2D eigenvalue weighted by molar-refractivity contribution is 6.03. The van der Waals surface area contributed by atoms with Crippen LogP contribution in [0.5, 0.6) is 0 Å². The molecule has 0 unspecified atom stereocenters. The summed E-state index contributed by atoms with van der Waals surface area (Å²) in [6, 6.07) is 5.77. The minimum atomic E-state index is -0.478. The first-order valence-electron chi connectivity index (χ1n) is 9.62. The van der Waals surface area contributed by atoms with E-state index in [1.165, 1.54) is 11.8 Å². The predicted molar refractivity (Wildman–Crippen MR) is 107 cm³/mol. The second kappa shape index (κ2) is 8.09. The highest BCUT2D eigenvalue weighted by atomic mass is 16.6. The number of ether oxygens (including phenoxy) is 2. The molecule has 1 aromatic carbocycles. The maximum atomic E-state index is 12.2. The van der Waals surface area contributed by atoms with Crippen LogP contribution in [0.3, 0.4) is 0 Å². The fourth-order valence-corrected chi connectivity index (χ4v) is 3.18. The summed E-state index contributed by atoms with van der Waals surface area (Å²) in [5.41, 5.74) is 2.91. The molecule has 1 aliphatic rings. The lowest BCUT2D eigenvalue weighted by Gasteiger charge is -2.31. The predicted octanol–water partition coefficient (Wildman–Crippen LogP) is 5.02. The van der Waals surface area contributed by atoms with E-state index in [9.17, 15) is 9.59 Å². The van der Waals surface area contributed by atoms with Gasteiger partial charge in [-0.2, -0.15) is 0 Å². The van der Waals surface area contributed by atoms with Crippen LogP contribution in [0.2, 0.25) is 0 Å². The van der Waals surface area contributed by atoms with Crippen LogP contribution in [0.25, 0.3) is 17.0 Å². The Labute approximate surface area is 165 Å². The summed E-state index contributed by atoms with van der Waals surface area (Å²) in [6.45, 7) is 9.02. The van der Waals surface area contributed by atoms with Crippen molar-refractivity contribution in [3.05, 3.63) is 41.2 Å². The number of hydrogen-bond donors (Lipinski definition) is 0. The Morgan fingerprint density at radius 1 is 1.21 bits per heavy atom. The van der Waals surface area contributed by atoms with E-state index in [1.54, 1.807) is 11.8 Å². The van der Waals surface area contributed by atoms with Crippen LogP contribution in [0, 0.1) is 0 Å². The zero-order valence-corrected chi connectivity index (χ0v) is 16.9. The van der Waals surface area contributed by atoms with Crippen molar-refractivity contribution in [3.8, 4) is 0 Å². The number of piperidine rings is 1. The van der Waals surface area contributed by atoms with Crippen molar-refractivity contribution in [3.63, 3.8) is 0 Å². The first kappa shape index (κ1) is 20.0. The van der Waals surface area contributed by atoms with Gasteiger partial charge in [-0.1, -0.05) is 17.7 Å². The number of nitrogens with zero attached hydrogens (tertiary/aromatic N) is 1. The van der Waals surface area contributed by atoms with Crippen LogP contribution in [-0.2, 0) is 9.47 Å². The van der Waals surface area contributed by atoms with Gasteiger partial charge in [0.05, 0.1) is 6.61 Å². The molecule has 0 aliphatic carbocycles. The molecule has 2 heterocycles. The molecular weight excluding hydrogens is 358 g/mol. The summed E-state index contributed by atoms with van der Waals surface area (Å²) in [7, 11) is 0. The largest absolute Gasteiger partial charge is 0.463 e. The molecule has 0 atom stereocenters. The molecule has 1 amide bonds. The Morgan fingerprint density at radius 2 is 1.93 bits per heavy atom. The topological polar surface area (TPSA) is 69.0 Å². The van der Waals surface area contributed by atoms with Crippen LogP contribution in [0.15, 0.2) is 34.5 Å². The lowest BCUT2D eigenvalue weighted by Crippen LogP contribution is -2.40. The first-order valence-corrected chi connectivity index (χ1v) is 9.62. The number of esters is 1. The number of benzene rings is 1. The normalized spacial score (nSPS) is 14.9. The van der Waals surface area contributed by atoms with Gasteiger partial charge in [0.25, 0.3) is 0 Å². The highest BCUT2D eigenvalue weighted by Gasteiger charge is 2.24. The molecule has 0 N–H and O–H groups in total. The number of rotatable bonds is 3. The van der Waals surface area contributed by atoms with Crippen molar-refractivity contribution < 1.29 is 23.5 Å². The van der Waals surface area contributed by atoms with Gasteiger partial charge in [0, 0.05) is 18.5 Å². The molecule has 1 aromatic heterocycles. The van der Waals surface area contributed by atoms with Gasteiger partial charge in [0.1, 0.15) is 23.0 Å². The van der Waals surface area contributed by atoms with E-state index in [4.69, 9.17) is 13.9 Å². The number of amides is 1. The third-order valence-electron chi connectivity index (χ3n) is 4.52. The minimum absolute atomic E-state index is 0.255.